The fourth-order valence-corrected chi connectivity index (χ4v) is 3.97. The normalized spacial score (nSPS) is 16.9. The van der Waals surface area contributed by atoms with Crippen molar-refractivity contribution in [1.29, 1.82) is 0 Å². The molecule has 0 saturated carbocycles. The van der Waals surface area contributed by atoms with Gasteiger partial charge in [-0.05, 0) is 26.2 Å². The number of likely N-dealkylation sites (N-methyl/N-ethyl adjacent to an activating group) is 1. The summed E-state index contributed by atoms with van der Waals surface area (Å²) in [4.78, 5) is 15.8. The molecule has 0 radical (unpaired) electrons. The van der Waals surface area contributed by atoms with E-state index in [0.29, 0.717) is 0 Å². The highest BCUT2D eigenvalue weighted by molar-refractivity contribution is 7.09. The van der Waals surface area contributed by atoms with Crippen LogP contribution in [0.4, 0.5) is 5.13 Å². The van der Waals surface area contributed by atoms with E-state index in [-0.39, 0.29) is 6.04 Å². The lowest BCUT2D eigenvalue weighted by Crippen LogP contribution is -2.53. The van der Waals surface area contributed by atoms with E-state index >= 15 is 0 Å². The number of aliphatic imine (C=N–C) groups is 1. The second kappa shape index (κ2) is 9.18. The molecule has 1 N–H and O–H groups in total. The van der Waals surface area contributed by atoms with Crippen molar-refractivity contribution in [3.05, 3.63) is 30.0 Å². The molecule has 9 heteroatoms. The largest absolute Gasteiger partial charge is 0.468 e. The molecule has 1 fully saturated rings. The molecule has 0 bridgehead atoms. The third-order valence-corrected chi connectivity index (χ3v) is 5.60. The summed E-state index contributed by atoms with van der Waals surface area (Å²) in [5.41, 5.74) is 0. The number of nitrogens with one attached hydrogen (secondary N) is 1. The second-order valence-corrected chi connectivity index (χ2v) is 7.47. The number of guanidine groups is 1. The fraction of sp³-hybridized carbons (Fsp3) is 0.611. The summed E-state index contributed by atoms with van der Waals surface area (Å²) in [7, 11) is 5.95. The zero-order valence-electron chi connectivity index (χ0n) is 16.6. The topological polar surface area (TPSA) is 73.0 Å². The fourth-order valence-electron chi connectivity index (χ4n) is 3.17. The molecule has 1 unspecified atom stereocenters. The molecule has 8 nitrogen and oxygen atoms in total. The lowest BCUT2D eigenvalue weighted by Gasteiger charge is -2.36. The average Bonchev–Trinajstić information content (AvgIpc) is 3.37. The standard InChI is InChI=1S/C18H29N7OS/c1-5-16-21-18(27-22-16)25-10-8-24(9-11-25)17(19-2)20-13-14(23(3)4)15-7-6-12-26-15/h6-7,12,14H,5,8-11,13H2,1-4H3,(H,19,20). The van der Waals surface area contributed by atoms with Gasteiger partial charge in [-0.15, -0.1) is 0 Å². The third kappa shape index (κ3) is 4.78. The Morgan fingerprint density at radius 2 is 2.15 bits per heavy atom. The molecule has 3 heterocycles. The van der Waals surface area contributed by atoms with Crippen LogP contribution in [0.1, 0.15) is 24.6 Å². The number of hydrogen-bond acceptors (Lipinski definition) is 7. The quantitative estimate of drug-likeness (QED) is 0.593. The highest BCUT2D eigenvalue weighted by Crippen LogP contribution is 2.20. The SMILES string of the molecule is CCc1nsc(N2CCN(C(=NC)NCC(c3ccco3)N(C)C)CC2)n1. The number of hydrogen-bond donors (Lipinski definition) is 1. The molecule has 148 valence electrons. The van der Waals surface area contributed by atoms with Crippen molar-refractivity contribution in [2.45, 2.75) is 19.4 Å². The lowest BCUT2D eigenvalue weighted by atomic mass is 10.2. The first-order valence-corrected chi connectivity index (χ1v) is 10.1. The van der Waals surface area contributed by atoms with Gasteiger partial charge in [-0.25, -0.2) is 4.98 Å². The number of nitrogens with zero attached hydrogens (tertiary/aromatic N) is 6. The molecular weight excluding hydrogens is 362 g/mol. The zero-order chi connectivity index (χ0) is 19.2. The van der Waals surface area contributed by atoms with Gasteiger partial charge in [0.15, 0.2) is 5.96 Å². The summed E-state index contributed by atoms with van der Waals surface area (Å²) in [5.74, 6) is 2.82. The first-order chi connectivity index (χ1) is 13.1. The summed E-state index contributed by atoms with van der Waals surface area (Å²) in [6.45, 7) is 6.50. The summed E-state index contributed by atoms with van der Waals surface area (Å²) in [6, 6.07) is 4.10. The molecule has 0 aliphatic carbocycles. The Balaban J connectivity index is 1.54. The van der Waals surface area contributed by atoms with E-state index in [4.69, 9.17) is 4.42 Å². The van der Waals surface area contributed by atoms with E-state index in [0.717, 1.165) is 61.8 Å². The van der Waals surface area contributed by atoms with E-state index in [1.807, 2.05) is 19.2 Å². The van der Waals surface area contributed by atoms with Crippen molar-refractivity contribution in [1.82, 2.24) is 24.5 Å². The van der Waals surface area contributed by atoms with Crippen LogP contribution in [0.25, 0.3) is 0 Å². The van der Waals surface area contributed by atoms with Crippen molar-refractivity contribution in [2.24, 2.45) is 4.99 Å². The van der Waals surface area contributed by atoms with Crippen LogP contribution in [0.15, 0.2) is 27.8 Å². The minimum Gasteiger partial charge on any atom is -0.468 e. The first-order valence-electron chi connectivity index (χ1n) is 9.35. The van der Waals surface area contributed by atoms with Gasteiger partial charge < -0.3 is 19.5 Å². The molecular formula is C18H29N7OS. The molecule has 0 spiro atoms. The van der Waals surface area contributed by atoms with Crippen LogP contribution in [0.5, 0.6) is 0 Å². The Kier molecular flexibility index (Phi) is 6.68. The van der Waals surface area contributed by atoms with E-state index in [1.54, 1.807) is 6.26 Å². The molecule has 0 amide bonds. The first kappa shape index (κ1) is 19.6. The van der Waals surface area contributed by atoms with Crippen LogP contribution in [-0.4, -0.2) is 79.0 Å². The zero-order valence-corrected chi connectivity index (χ0v) is 17.4. The maximum Gasteiger partial charge on any atom is 0.205 e. The van der Waals surface area contributed by atoms with Crippen LogP contribution in [0.2, 0.25) is 0 Å². The van der Waals surface area contributed by atoms with Crippen LogP contribution in [0.3, 0.4) is 0 Å². The average molecular weight is 392 g/mol. The molecule has 3 rings (SSSR count). The van der Waals surface area contributed by atoms with Gasteiger partial charge in [0.2, 0.25) is 5.13 Å². The predicted molar refractivity (Wildman–Crippen MR) is 110 cm³/mol. The van der Waals surface area contributed by atoms with Gasteiger partial charge in [0.05, 0.1) is 12.3 Å². The smallest absolute Gasteiger partial charge is 0.205 e. The van der Waals surface area contributed by atoms with E-state index < -0.39 is 0 Å². The summed E-state index contributed by atoms with van der Waals surface area (Å²) >= 11 is 1.50. The van der Waals surface area contributed by atoms with Crippen LogP contribution in [-0.2, 0) is 6.42 Å². The minimum absolute atomic E-state index is 0.159. The summed E-state index contributed by atoms with van der Waals surface area (Å²) in [6.07, 6.45) is 2.60. The predicted octanol–water partition coefficient (Wildman–Crippen LogP) is 1.69. The van der Waals surface area contributed by atoms with Gasteiger partial charge in [-0.3, -0.25) is 9.89 Å². The highest BCUT2D eigenvalue weighted by atomic mass is 32.1. The van der Waals surface area contributed by atoms with E-state index in [2.05, 4.69) is 55.4 Å². The third-order valence-electron chi connectivity index (χ3n) is 4.78. The second-order valence-electron chi connectivity index (χ2n) is 6.74. The van der Waals surface area contributed by atoms with Crippen LogP contribution in [0, 0.1) is 0 Å². The van der Waals surface area contributed by atoms with E-state index in [1.165, 1.54) is 11.5 Å². The van der Waals surface area contributed by atoms with Gasteiger partial charge in [0, 0.05) is 57.7 Å². The molecule has 1 aliphatic rings. The van der Waals surface area contributed by atoms with Crippen molar-refractivity contribution in [2.75, 3.05) is 58.8 Å². The maximum absolute atomic E-state index is 5.59. The molecule has 2 aromatic rings. The Morgan fingerprint density at radius 3 is 2.70 bits per heavy atom. The molecule has 27 heavy (non-hydrogen) atoms. The number of aryl methyl sites for hydroxylation is 1. The lowest BCUT2D eigenvalue weighted by molar-refractivity contribution is 0.255. The number of piperazine rings is 1. The van der Waals surface area contributed by atoms with E-state index in [9.17, 15) is 0 Å². The van der Waals surface area contributed by atoms with Gasteiger partial charge in [-0.2, -0.15) is 4.37 Å². The monoisotopic (exact) mass is 391 g/mol. The molecule has 0 aromatic carbocycles. The Bertz CT molecular complexity index is 720. The summed E-state index contributed by atoms with van der Waals surface area (Å²) < 4.78 is 9.98. The Hall–Kier alpha value is -2.13. The van der Waals surface area contributed by atoms with Gasteiger partial charge in [0.25, 0.3) is 0 Å². The van der Waals surface area contributed by atoms with Crippen LogP contribution >= 0.6 is 11.5 Å². The van der Waals surface area contributed by atoms with Crippen molar-refractivity contribution < 1.29 is 4.42 Å². The molecule has 1 aliphatic heterocycles. The highest BCUT2D eigenvalue weighted by Gasteiger charge is 2.23. The van der Waals surface area contributed by atoms with Gasteiger partial charge in [-0.1, -0.05) is 6.92 Å². The number of aromatic nitrogens is 2. The minimum atomic E-state index is 0.159. The molecule has 1 atom stereocenters. The van der Waals surface area contributed by atoms with Gasteiger partial charge >= 0.3 is 0 Å². The summed E-state index contributed by atoms with van der Waals surface area (Å²) in [5, 5.41) is 4.53. The number of rotatable bonds is 6. The molecule has 1 saturated heterocycles. The number of furan rings is 1. The Morgan fingerprint density at radius 1 is 1.37 bits per heavy atom. The van der Waals surface area contributed by atoms with Crippen molar-refractivity contribution in [3.63, 3.8) is 0 Å². The van der Waals surface area contributed by atoms with Crippen LogP contribution < -0.4 is 10.2 Å². The maximum atomic E-state index is 5.59. The number of anilines is 1. The van der Waals surface area contributed by atoms with Crippen molar-refractivity contribution >= 4 is 22.6 Å². The van der Waals surface area contributed by atoms with Gasteiger partial charge in [0.1, 0.15) is 11.6 Å². The Labute approximate surface area is 165 Å². The molecule has 2 aromatic heterocycles. The van der Waals surface area contributed by atoms with Crippen molar-refractivity contribution in [3.8, 4) is 0 Å².